The summed E-state index contributed by atoms with van der Waals surface area (Å²) >= 11 is 0. The lowest BCUT2D eigenvalue weighted by Crippen LogP contribution is -2.47. The van der Waals surface area contributed by atoms with Crippen LogP contribution in [-0.2, 0) is 4.79 Å². The summed E-state index contributed by atoms with van der Waals surface area (Å²) in [5, 5.41) is 3.02. The first-order valence-electron chi connectivity index (χ1n) is 6.61. The molecule has 0 saturated heterocycles. The second-order valence-corrected chi connectivity index (χ2v) is 5.75. The fraction of sp³-hybridized carbons (Fsp3) is 0.923. The largest absolute Gasteiger partial charge is 0.354 e. The third-order valence-corrected chi connectivity index (χ3v) is 3.96. The highest BCUT2D eigenvalue weighted by Gasteiger charge is 2.31. The molecule has 0 heterocycles. The van der Waals surface area contributed by atoms with E-state index in [1.807, 2.05) is 14.1 Å². The first-order valence-corrected chi connectivity index (χ1v) is 6.61. The molecule has 1 saturated carbocycles. The fourth-order valence-electron chi connectivity index (χ4n) is 2.27. The van der Waals surface area contributed by atoms with Crippen LogP contribution in [0, 0.1) is 11.8 Å². The number of carbonyl (C=O) groups is 1. The number of nitrogens with zero attached hydrogens (tertiary/aromatic N) is 1. The van der Waals surface area contributed by atoms with E-state index in [1.165, 1.54) is 0 Å². The lowest BCUT2D eigenvalue weighted by molar-refractivity contribution is -0.127. The van der Waals surface area contributed by atoms with E-state index in [9.17, 15) is 4.79 Å². The molecule has 3 N–H and O–H groups in total. The van der Waals surface area contributed by atoms with Gasteiger partial charge < -0.3 is 16.0 Å². The van der Waals surface area contributed by atoms with Crippen molar-refractivity contribution in [1.82, 2.24) is 10.2 Å². The van der Waals surface area contributed by atoms with Crippen LogP contribution < -0.4 is 11.1 Å². The van der Waals surface area contributed by atoms with Gasteiger partial charge in [-0.1, -0.05) is 6.92 Å². The molecule has 0 aliphatic heterocycles. The molecular formula is C13H27N3O. The van der Waals surface area contributed by atoms with E-state index >= 15 is 0 Å². The van der Waals surface area contributed by atoms with Crippen molar-refractivity contribution in [3.05, 3.63) is 0 Å². The highest BCUT2D eigenvalue weighted by Crippen LogP contribution is 2.27. The molecule has 17 heavy (non-hydrogen) atoms. The Morgan fingerprint density at radius 2 is 2.12 bits per heavy atom. The van der Waals surface area contributed by atoms with Gasteiger partial charge in [0.1, 0.15) is 0 Å². The molecule has 1 rings (SSSR count). The Hall–Kier alpha value is -0.610. The Labute approximate surface area is 105 Å². The van der Waals surface area contributed by atoms with E-state index < -0.39 is 0 Å². The summed E-state index contributed by atoms with van der Waals surface area (Å²) < 4.78 is 0. The standard InChI is InChI=1S/C13H27N3O/c1-9-5-6-12(14)11(7-9)13(17)15-8-10(2)16(3)4/h9-12H,5-8,14H2,1-4H3,(H,15,17). The molecule has 0 spiro atoms. The predicted molar refractivity (Wildman–Crippen MR) is 70.6 cm³/mol. The molecule has 4 nitrogen and oxygen atoms in total. The van der Waals surface area contributed by atoms with E-state index in [0.29, 0.717) is 18.5 Å². The number of nitrogens with two attached hydrogens (primary N) is 1. The zero-order chi connectivity index (χ0) is 13.0. The number of hydrogen-bond donors (Lipinski definition) is 2. The van der Waals surface area contributed by atoms with Crippen LogP contribution in [0.4, 0.5) is 0 Å². The zero-order valence-electron chi connectivity index (χ0n) is 11.6. The van der Waals surface area contributed by atoms with Crippen molar-refractivity contribution in [3.8, 4) is 0 Å². The van der Waals surface area contributed by atoms with E-state index in [0.717, 1.165) is 19.3 Å². The van der Waals surface area contributed by atoms with Crippen molar-refractivity contribution in [3.63, 3.8) is 0 Å². The second kappa shape index (κ2) is 6.36. The van der Waals surface area contributed by atoms with Crippen molar-refractivity contribution in [2.75, 3.05) is 20.6 Å². The van der Waals surface area contributed by atoms with E-state index in [-0.39, 0.29) is 17.9 Å². The molecule has 0 bridgehead atoms. The van der Waals surface area contributed by atoms with Gasteiger partial charge in [-0.2, -0.15) is 0 Å². The van der Waals surface area contributed by atoms with Crippen molar-refractivity contribution in [2.45, 2.75) is 45.2 Å². The van der Waals surface area contributed by atoms with Gasteiger partial charge in [0.25, 0.3) is 0 Å². The van der Waals surface area contributed by atoms with Crippen LogP contribution in [0.25, 0.3) is 0 Å². The highest BCUT2D eigenvalue weighted by atomic mass is 16.1. The molecule has 1 amide bonds. The van der Waals surface area contributed by atoms with Crippen LogP contribution in [0.3, 0.4) is 0 Å². The maximum Gasteiger partial charge on any atom is 0.224 e. The Morgan fingerprint density at radius 3 is 2.71 bits per heavy atom. The second-order valence-electron chi connectivity index (χ2n) is 5.75. The summed E-state index contributed by atoms with van der Waals surface area (Å²) in [6, 6.07) is 0.400. The predicted octanol–water partition coefficient (Wildman–Crippen LogP) is 0.816. The smallest absolute Gasteiger partial charge is 0.224 e. The van der Waals surface area contributed by atoms with Crippen molar-refractivity contribution in [1.29, 1.82) is 0 Å². The van der Waals surface area contributed by atoms with E-state index in [2.05, 4.69) is 24.1 Å². The fourth-order valence-corrected chi connectivity index (χ4v) is 2.27. The van der Waals surface area contributed by atoms with Crippen molar-refractivity contribution in [2.24, 2.45) is 17.6 Å². The third-order valence-electron chi connectivity index (χ3n) is 3.96. The Kier molecular flexibility index (Phi) is 5.40. The summed E-state index contributed by atoms with van der Waals surface area (Å²) in [6.45, 7) is 5.00. The molecule has 0 aromatic heterocycles. The first-order chi connectivity index (χ1) is 7.91. The van der Waals surface area contributed by atoms with Gasteiger partial charge in [-0.05, 0) is 46.2 Å². The molecule has 1 aliphatic carbocycles. The summed E-state index contributed by atoms with van der Waals surface area (Å²) in [7, 11) is 4.04. The van der Waals surface area contributed by atoms with Gasteiger partial charge in [0.15, 0.2) is 0 Å². The minimum atomic E-state index is 0.00751. The van der Waals surface area contributed by atoms with Crippen molar-refractivity contribution >= 4 is 5.91 Å². The number of likely N-dealkylation sites (N-methyl/N-ethyl adjacent to an activating group) is 1. The molecule has 4 heteroatoms. The summed E-state index contributed by atoms with van der Waals surface area (Å²) in [4.78, 5) is 14.2. The summed E-state index contributed by atoms with van der Waals surface area (Å²) in [6.07, 6.45) is 3.06. The number of rotatable bonds is 4. The molecule has 1 fully saturated rings. The SMILES string of the molecule is CC1CCC(N)C(C(=O)NCC(C)N(C)C)C1. The number of hydrogen-bond acceptors (Lipinski definition) is 3. The molecule has 1 aliphatic rings. The lowest BCUT2D eigenvalue weighted by Gasteiger charge is -2.32. The topological polar surface area (TPSA) is 58.4 Å². The van der Waals surface area contributed by atoms with Gasteiger partial charge in [0.2, 0.25) is 5.91 Å². The average molecular weight is 241 g/mol. The number of carbonyl (C=O) groups excluding carboxylic acids is 1. The molecule has 4 unspecified atom stereocenters. The quantitative estimate of drug-likeness (QED) is 0.766. The Bertz CT molecular complexity index is 255. The summed E-state index contributed by atoms with van der Waals surface area (Å²) in [5.41, 5.74) is 6.04. The van der Waals surface area contributed by atoms with Gasteiger partial charge in [-0.3, -0.25) is 4.79 Å². The van der Waals surface area contributed by atoms with Crippen LogP contribution in [0.15, 0.2) is 0 Å². The number of nitrogens with one attached hydrogen (secondary N) is 1. The van der Waals surface area contributed by atoms with Crippen LogP contribution >= 0.6 is 0 Å². The van der Waals surface area contributed by atoms with Gasteiger partial charge >= 0.3 is 0 Å². The molecule has 100 valence electrons. The third kappa shape index (κ3) is 4.28. The first kappa shape index (κ1) is 14.5. The highest BCUT2D eigenvalue weighted by molar-refractivity contribution is 5.79. The van der Waals surface area contributed by atoms with Gasteiger partial charge in [0, 0.05) is 18.6 Å². The van der Waals surface area contributed by atoms with E-state index in [4.69, 9.17) is 5.73 Å². The maximum atomic E-state index is 12.1. The maximum absolute atomic E-state index is 12.1. The summed E-state index contributed by atoms with van der Waals surface area (Å²) in [5.74, 6) is 0.766. The van der Waals surface area contributed by atoms with Gasteiger partial charge in [-0.25, -0.2) is 0 Å². The van der Waals surface area contributed by atoms with Crippen LogP contribution in [0.1, 0.15) is 33.1 Å². The molecule has 0 aromatic carbocycles. The van der Waals surface area contributed by atoms with Gasteiger partial charge in [-0.15, -0.1) is 0 Å². The van der Waals surface area contributed by atoms with Crippen molar-refractivity contribution < 1.29 is 4.79 Å². The van der Waals surface area contributed by atoms with Crippen LogP contribution in [0.5, 0.6) is 0 Å². The van der Waals surface area contributed by atoms with E-state index in [1.54, 1.807) is 0 Å². The zero-order valence-corrected chi connectivity index (χ0v) is 11.6. The van der Waals surface area contributed by atoms with Crippen LogP contribution in [-0.4, -0.2) is 43.5 Å². The Morgan fingerprint density at radius 1 is 1.47 bits per heavy atom. The Balaban J connectivity index is 2.40. The molecule has 4 atom stereocenters. The minimum Gasteiger partial charge on any atom is -0.354 e. The van der Waals surface area contributed by atoms with Crippen LogP contribution in [0.2, 0.25) is 0 Å². The van der Waals surface area contributed by atoms with Gasteiger partial charge in [0.05, 0.1) is 5.92 Å². The average Bonchev–Trinajstić information content (AvgIpc) is 2.28. The molecular weight excluding hydrogens is 214 g/mol. The monoisotopic (exact) mass is 241 g/mol. The minimum absolute atomic E-state index is 0.00751. The normalized spacial score (nSPS) is 31.3. The molecule has 0 aromatic rings. The lowest BCUT2D eigenvalue weighted by atomic mass is 9.79. The number of amides is 1. The molecule has 0 radical (unpaired) electrons.